The number of nitrogens with one attached hydrogen (secondary N) is 1. The lowest BCUT2D eigenvalue weighted by Crippen LogP contribution is -2.10. The monoisotopic (exact) mass is 422 g/mol. The van der Waals surface area contributed by atoms with Crippen molar-refractivity contribution in [1.29, 1.82) is 0 Å². The number of benzene rings is 3. The number of nitrogens with zero attached hydrogens (tertiary/aromatic N) is 1. The van der Waals surface area contributed by atoms with Crippen molar-refractivity contribution in [2.24, 2.45) is 0 Å². The molecule has 0 atom stereocenters. The lowest BCUT2D eigenvalue weighted by Gasteiger charge is -2.13. The van der Waals surface area contributed by atoms with E-state index in [0.29, 0.717) is 0 Å². The second-order valence-corrected chi connectivity index (χ2v) is 6.82. The first-order chi connectivity index (χ1) is 14.9. The van der Waals surface area contributed by atoms with Crippen molar-refractivity contribution in [2.75, 3.05) is 5.32 Å². The van der Waals surface area contributed by atoms with Gasteiger partial charge in [-0.2, -0.15) is 13.2 Å². The summed E-state index contributed by atoms with van der Waals surface area (Å²) in [5.74, 6) is -0.514. The lowest BCUT2D eigenvalue weighted by atomic mass is 10.1. The van der Waals surface area contributed by atoms with Crippen LogP contribution in [0.2, 0.25) is 0 Å². The second kappa shape index (κ2) is 8.47. The van der Waals surface area contributed by atoms with Crippen LogP contribution >= 0.6 is 0 Å². The largest absolute Gasteiger partial charge is 0.457 e. The van der Waals surface area contributed by atoms with Crippen LogP contribution in [0.5, 0.6) is 0 Å². The van der Waals surface area contributed by atoms with Crippen LogP contribution < -0.4 is 5.32 Å². The Balaban J connectivity index is 1.54. The quantitative estimate of drug-likeness (QED) is 0.381. The number of rotatable bonds is 5. The van der Waals surface area contributed by atoms with Gasteiger partial charge in [0.2, 0.25) is 0 Å². The fraction of sp³-hybridized carbons (Fsp3) is 0.0833. The van der Waals surface area contributed by atoms with E-state index in [1.54, 1.807) is 6.07 Å². The molecule has 1 N–H and O–H groups in total. The molecule has 156 valence electrons. The smallest absolute Gasteiger partial charge is 0.416 e. The minimum absolute atomic E-state index is 0.0537. The van der Waals surface area contributed by atoms with E-state index in [9.17, 15) is 18.0 Å². The number of esters is 1. The van der Waals surface area contributed by atoms with E-state index in [0.717, 1.165) is 28.5 Å². The topological polar surface area (TPSA) is 51.2 Å². The standard InChI is InChI=1S/C24H17F3N2O2/c25-24(26,27)18-9-4-10-19(14-18)29-22-21(12-5-13-28-22)23(30)31-15-17-8-3-7-16-6-1-2-11-20(16)17/h1-14H,15H2,(H,28,29). The average Bonchev–Trinajstić information content (AvgIpc) is 2.77. The molecular weight excluding hydrogens is 405 g/mol. The summed E-state index contributed by atoms with van der Waals surface area (Å²) in [7, 11) is 0. The molecule has 0 fully saturated rings. The molecule has 0 spiro atoms. The molecule has 0 saturated heterocycles. The fourth-order valence-corrected chi connectivity index (χ4v) is 3.22. The summed E-state index contributed by atoms with van der Waals surface area (Å²) in [4.78, 5) is 16.8. The van der Waals surface area contributed by atoms with Gasteiger partial charge in [0.15, 0.2) is 0 Å². The molecule has 0 unspecified atom stereocenters. The molecule has 0 saturated carbocycles. The molecule has 4 nitrogen and oxygen atoms in total. The summed E-state index contributed by atoms with van der Waals surface area (Å²) in [5, 5.41) is 4.79. The van der Waals surface area contributed by atoms with E-state index < -0.39 is 17.7 Å². The first-order valence-corrected chi connectivity index (χ1v) is 9.45. The normalized spacial score (nSPS) is 11.3. The van der Waals surface area contributed by atoms with Crippen LogP contribution in [0, 0.1) is 0 Å². The van der Waals surface area contributed by atoms with Crippen molar-refractivity contribution in [3.8, 4) is 0 Å². The maximum atomic E-state index is 13.0. The number of hydrogen-bond donors (Lipinski definition) is 1. The molecule has 7 heteroatoms. The van der Waals surface area contributed by atoms with Gasteiger partial charge in [-0.25, -0.2) is 9.78 Å². The molecule has 4 rings (SSSR count). The number of anilines is 2. The van der Waals surface area contributed by atoms with E-state index >= 15 is 0 Å². The highest BCUT2D eigenvalue weighted by Gasteiger charge is 2.30. The number of fused-ring (bicyclic) bond motifs is 1. The van der Waals surface area contributed by atoms with Crippen LogP contribution in [-0.2, 0) is 17.5 Å². The molecule has 31 heavy (non-hydrogen) atoms. The summed E-state index contributed by atoms with van der Waals surface area (Å²) in [6, 6.07) is 21.2. The molecule has 0 amide bonds. The summed E-state index contributed by atoms with van der Waals surface area (Å²) >= 11 is 0. The summed E-state index contributed by atoms with van der Waals surface area (Å²) < 4.78 is 44.4. The van der Waals surface area contributed by atoms with Crippen LogP contribution in [0.1, 0.15) is 21.5 Å². The molecule has 0 radical (unpaired) electrons. The van der Waals surface area contributed by atoms with Crippen molar-refractivity contribution in [3.63, 3.8) is 0 Å². The van der Waals surface area contributed by atoms with Crippen molar-refractivity contribution >= 4 is 28.2 Å². The Hall–Kier alpha value is -3.87. The SMILES string of the molecule is O=C(OCc1cccc2ccccc12)c1cccnc1Nc1cccc(C(F)(F)F)c1. The number of carbonyl (C=O) groups is 1. The number of halogens is 3. The molecule has 1 heterocycles. The van der Waals surface area contributed by atoms with Crippen LogP contribution in [0.15, 0.2) is 85.1 Å². The van der Waals surface area contributed by atoms with Gasteiger partial charge in [-0.1, -0.05) is 48.5 Å². The number of pyridine rings is 1. The molecule has 0 bridgehead atoms. The molecule has 3 aromatic carbocycles. The number of carbonyl (C=O) groups excluding carboxylic acids is 1. The van der Waals surface area contributed by atoms with Crippen LogP contribution in [0.3, 0.4) is 0 Å². The number of hydrogen-bond acceptors (Lipinski definition) is 4. The van der Waals surface area contributed by atoms with Gasteiger partial charge in [0.1, 0.15) is 18.0 Å². The van der Waals surface area contributed by atoms with Gasteiger partial charge in [-0.05, 0) is 46.7 Å². The predicted octanol–water partition coefficient (Wildman–Crippen LogP) is 6.35. The lowest BCUT2D eigenvalue weighted by molar-refractivity contribution is -0.137. The Labute approximate surface area is 176 Å². The van der Waals surface area contributed by atoms with Gasteiger partial charge in [-0.3, -0.25) is 0 Å². The minimum atomic E-state index is -4.47. The van der Waals surface area contributed by atoms with Crippen LogP contribution in [0.25, 0.3) is 10.8 Å². The van der Waals surface area contributed by atoms with Crippen molar-refractivity contribution in [1.82, 2.24) is 4.98 Å². The first kappa shape index (κ1) is 20.4. The number of alkyl halides is 3. The molecule has 0 aliphatic carbocycles. The Morgan fingerprint density at radius 3 is 2.55 bits per heavy atom. The third kappa shape index (κ3) is 4.66. The highest BCUT2D eigenvalue weighted by molar-refractivity contribution is 5.95. The Morgan fingerprint density at radius 1 is 0.935 bits per heavy atom. The van der Waals surface area contributed by atoms with Crippen molar-refractivity contribution in [3.05, 3.63) is 102 Å². The highest BCUT2D eigenvalue weighted by atomic mass is 19.4. The van der Waals surface area contributed by atoms with E-state index in [1.165, 1.54) is 24.4 Å². The van der Waals surface area contributed by atoms with Crippen molar-refractivity contribution in [2.45, 2.75) is 12.8 Å². The van der Waals surface area contributed by atoms with E-state index in [-0.39, 0.29) is 23.7 Å². The summed E-state index contributed by atoms with van der Waals surface area (Å²) in [5.41, 5.74) is 0.341. The summed E-state index contributed by atoms with van der Waals surface area (Å²) in [6.07, 6.45) is -3.03. The zero-order valence-electron chi connectivity index (χ0n) is 16.2. The van der Waals surface area contributed by atoms with Crippen LogP contribution in [0.4, 0.5) is 24.7 Å². The zero-order valence-corrected chi connectivity index (χ0v) is 16.2. The van der Waals surface area contributed by atoms with Gasteiger partial charge < -0.3 is 10.1 Å². The van der Waals surface area contributed by atoms with E-state index in [1.807, 2.05) is 42.5 Å². The molecule has 1 aromatic heterocycles. The Kier molecular flexibility index (Phi) is 5.58. The number of aromatic nitrogens is 1. The van der Waals surface area contributed by atoms with Gasteiger partial charge in [-0.15, -0.1) is 0 Å². The third-order valence-corrected chi connectivity index (χ3v) is 4.72. The molecular formula is C24H17F3N2O2. The van der Waals surface area contributed by atoms with Gasteiger partial charge in [0, 0.05) is 11.9 Å². The second-order valence-electron chi connectivity index (χ2n) is 6.82. The van der Waals surface area contributed by atoms with Crippen LogP contribution in [-0.4, -0.2) is 11.0 Å². The molecule has 0 aliphatic rings. The van der Waals surface area contributed by atoms with Gasteiger partial charge in [0.25, 0.3) is 0 Å². The highest BCUT2D eigenvalue weighted by Crippen LogP contribution is 2.31. The average molecular weight is 422 g/mol. The zero-order chi connectivity index (χ0) is 21.8. The van der Waals surface area contributed by atoms with E-state index in [4.69, 9.17) is 4.74 Å². The first-order valence-electron chi connectivity index (χ1n) is 9.45. The number of ether oxygens (including phenoxy) is 1. The summed E-state index contributed by atoms with van der Waals surface area (Å²) in [6.45, 7) is 0.0537. The predicted molar refractivity (Wildman–Crippen MR) is 112 cm³/mol. The Bertz CT molecular complexity index is 1230. The molecule has 0 aliphatic heterocycles. The Morgan fingerprint density at radius 2 is 1.71 bits per heavy atom. The maximum Gasteiger partial charge on any atom is 0.416 e. The third-order valence-electron chi connectivity index (χ3n) is 4.72. The minimum Gasteiger partial charge on any atom is -0.457 e. The van der Waals surface area contributed by atoms with Crippen molar-refractivity contribution < 1.29 is 22.7 Å². The maximum absolute atomic E-state index is 13.0. The van der Waals surface area contributed by atoms with Gasteiger partial charge >= 0.3 is 12.1 Å². The van der Waals surface area contributed by atoms with E-state index in [2.05, 4.69) is 10.3 Å². The molecule has 4 aromatic rings. The fourth-order valence-electron chi connectivity index (χ4n) is 3.22. The van der Waals surface area contributed by atoms with Gasteiger partial charge in [0.05, 0.1) is 5.56 Å².